The van der Waals surface area contributed by atoms with Gasteiger partial charge in [-0.05, 0) is 72.9 Å². The van der Waals surface area contributed by atoms with E-state index in [1.807, 2.05) is 50.2 Å². The second-order valence-corrected chi connectivity index (χ2v) is 6.11. The molecule has 0 fully saturated rings. The first-order valence-electron chi connectivity index (χ1n) is 8.04. The van der Waals surface area contributed by atoms with Gasteiger partial charge >= 0.3 is 0 Å². The van der Waals surface area contributed by atoms with Crippen molar-refractivity contribution in [2.45, 2.75) is 33.6 Å². The monoisotopic (exact) mass is 341 g/mol. The second kappa shape index (κ2) is 7.93. The van der Waals surface area contributed by atoms with Gasteiger partial charge in [-0.25, -0.2) is 0 Å². The Morgan fingerprint density at radius 3 is 2.29 bits per heavy atom. The Morgan fingerprint density at radius 2 is 1.75 bits per heavy atom. The molecule has 2 aromatic carbocycles. The van der Waals surface area contributed by atoms with Crippen LogP contribution in [0.4, 0.5) is 11.4 Å². The molecule has 0 aliphatic rings. The molecule has 126 valence electrons. The summed E-state index contributed by atoms with van der Waals surface area (Å²) >= 11 is 4.88. The van der Waals surface area contributed by atoms with Crippen LogP contribution in [0.5, 0.6) is 0 Å². The van der Waals surface area contributed by atoms with Gasteiger partial charge in [-0.1, -0.05) is 26.0 Å². The first-order chi connectivity index (χ1) is 11.4. The molecule has 2 aromatic rings. The molecule has 2 rings (SSSR count). The van der Waals surface area contributed by atoms with Crippen molar-refractivity contribution in [2.24, 2.45) is 5.73 Å². The molecule has 0 aromatic heterocycles. The highest BCUT2D eigenvalue weighted by molar-refractivity contribution is 7.80. The zero-order valence-electron chi connectivity index (χ0n) is 14.3. The third-order valence-corrected chi connectivity index (χ3v) is 4.03. The van der Waals surface area contributed by atoms with Gasteiger partial charge in [-0.15, -0.1) is 0 Å². The van der Waals surface area contributed by atoms with Crippen LogP contribution in [-0.4, -0.2) is 11.0 Å². The Morgan fingerprint density at radius 1 is 1.08 bits per heavy atom. The minimum atomic E-state index is -0.106. The van der Waals surface area contributed by atoms with E-state index in [2.05, 4.69) is 17.6 Å². The summed E-state index contributed by atoms with van der Waals surface area (Å²) in [6.45, 7) is 6.10. The Balaban J connectivity index is 2.27. The summed E-state index contributed by atoms with van der Waals surface area (Å²) in [6, 6.07) is 11.6. The fourth-order valence-corrected chi connectivity index (χ4v) is 2.73. The maximum absolute atomic E-state index is 12.5. The molecule has 4 N–H and O–H groups in total. The molecular formula is C19H23N3OS. The van der Waals surface area contributed by atoms with E-state index in [1.165, 1.54) is 5.56 Å². The lowest BCUT2D eigenvalue weighted by atomic mass is 10.0. The number of benzene rings is 2. The van der Waals surface area contributed by atoms with Gasteiger partial charge < -0.3 is 16.4 Å². The van der Waals surface area contributed by atoms with Crippen LogP contribution in [-0.2, 0) is 12.8 Å². The van der Waals surface area contributed by atoms with Gasteiger partial charge in [-0.3, -0.25) is 4.79 Å². The summed E-state index contributed by atoms with van der Waals surface area (Å²) in [4.78, 5) is 12.5. The highest BCUT2D eigenvalue weighted by Crippen LogP contribution is 2.27. The lowest BCUT2D eigenvalue weighted by molar-refractivity contribution is 0.102. The van der Waals surface area contributed by atoms with E-state index in [0.29, 0.717) is 5.56 Å². The molecule has 0 saturated carbocycles. The largest absolute Gasteiger partial charge is 0.376 e. The molecule has 1 amide bonds. The van der Waals surface area contributed by atoms with E-state index in [9.17, 15) is 4.79 Å². The lowest BCUT2D eigenvalue weighted by Crippen LogP contribution is -2.19. The fourth-order valence-electron chi connectivity index (χ4n) is 2.61. The Hall–Kier alpha value is -2.40. The average molecular weight is 341 g/mol. The summed E-state index contributed by atoms with van der Waals surface area (Å²) in [5, 5.41) is 6.20. The topological polar surface area (TPSA) is 67.2 Å². The molecule has 0 bridgehead atoms. The smallest absolute Gasteiger partial charge is 0.255 e. The molecule has 0 heterocycles. The summed E-state index contributed by atoms with van der Waals surface area (Å²) in [5.41, 5.74) is 11.1. The van der Waals surface area contributed by atoms with Crippen molar-refractivity contribution in [1.29, 1.82) is 0 Å². The van der Waals surface area contributed by atoms with E-state index in [-0.39, 0.29) is 11.0 Å². The van der Waals surface area contributed by atoms with E-state index < -0.39 is 0 Å². The lowest BCUT2D eigenvalue weighted by Gasteiger charge is -2.16. The van der Waals surface area contributed by atoms with Crippen LogP contribution in [0.3, 0.4) is 0 Å². The summed E-state index contributed by atoms with van der Waals surface area (Å²) in [5.74, 6) is -0.106. The van der Waals surface area contributed by atoms with Gasteiger partial charge in [0, 0.05) is 16.9 Å². The maximum atomic E-state index is 12.5. The van der Waals surface area contributed by atoms with Crippen molar-refractivity contribution < 1.29 is 4.79 Å². The minimum Gasteiger partial charge on any atom is -0.376 e. The minimum absolute atomic E-state index is 0.106. The van der Waals surface area contributed by atoms with Crippen molar-refractivity contribution in [3.05, 3.63) is 58.7 Å². The molecule has 0 radical (unpaired) electrons. The zero-order chi connectivity index (χ0) is 17.7. The Labute approximate surface area is 148 Å². The standard InChI is InChI=1S/C19H23N3OS/c1-4-13-6-8-15(9-7-13)18(23)22-17-12(3)10-16(21-19(20)24)11-14(17)5-2/h6-11H,4-5H2,1-3H3,(H,22,23)(H3,20,21,24). The summed E-state index contributed by atoms with van der Waals surface area (Å²) in [6.07, 6.45) is 1.75. The molecule has 5 heteroatoms. The van der Waals surface area contributed by atoms with Crippen molar-refractivity contribution in [3.8, 4) is 0 Å². The van der Waals surface area contributed by atoms with E-state index in [4.69, 9.17) is 18.0 Å². The number of anilines is 2. The first-order valence-corrected chi connectivity index (χ1v) is 8.45. The molecule has 0 unspecified atom stereocenters. The third kappa shape index (κ3) is 4.32. The predicted octanol–water partition coefficient (Wildman–Crippen LogP) is 4.03. The number of carbonyl (C=O) groups excluding carboxylic acids is 1. The number of nitrogens with one attached hydrogen (secondary N) is 2. The summed E-state index contributed by atoms with van der Waals surface area (Å²) < 4.78 is 0. The molecular weight excluding hydrogens is 318 g/mol. The normalized spacial score (nSPS) is 10.3. The van der Waals surface area contributed by atoms with Gasteiger partial charge in [0.05, 0.1) is 0 Å². The van der Waals surface area contributed by atoms with Crippen LogP contribution in [0.15, 0.2) is 36.4 Å². The number of carbonyl (C=O) groups is 1. The number of nitrogens with two attached hydrogens (primary N) is 1. The highest BCUT2D eigenvalue weighted by atomic mass is 32.1. The van der Waals surface area contributed by atoms with E-state index in [0.717, 1.165) is 35.3 Å². The molecule has 0 aliphatic carbocycles. The van der Waals surface area contributed by atoms with Crippen LogP contribution in [0, 0.1) is 6.92 Å². The molecule has 4 nitrogen and oxygen atoms in total. The van der Waals surface area contributed by atoms with E-state index >= 15 is 0 Å². The second-order valence-electron chi connectivity index (χ2n) is 5.67. The number of rotatable bonds is 5. The van der Waals surface area contributed by atoms with Crippen molar-refractivity contribution >= 4 is 34.6 Å². The van der Waals surface area contributed by atoms with Crippen LogP contribution < -0.4 is 16.4 Å². The third-order valence-electron chi connectivity index (χ3n) is 3.93. The number of thiocarbonyl (C=S) groups is 1. The quantitative estimate of drug-likeness (QED) is 0.718. The average Bonchev–Trinajstić information content (AvgIpc) is 2.56. The van der Waals surface area contributed by atoms with Gasteiger partial charge in [0.2, 0.25) is 0 Å². The maximum Gasteiger partial charge on any atom is 0.255 e. The van der Waals surface area contributed by atoms with E-state index in [1.54, 1.807) is 0 Å². The summed E-state index contributed by atoms with van der Waals surface area (Å²) in [7, 11) is 0. The Kier molecular flexibility index (Phi) is 5.93. The molecule has 0 aliphatic heterocycles. The van der Waals surface area contributed by atoms with Crippen molar-refractivity contribution in [1.82, 2.24) is 0 Å². The van der Waals surface area contributed by atoms with Crippen molar-refractivity contribution in [2.75, 3.05) is 10.6 Å². The number of aryl methyl sites for hydroxylation is 3. The fraction of sp³-hybridized carbons (Fsp3) is 0.263. The van der Waals surface area contributed by atoms with Gasteiger partial charge in [0.25, 0.3) is 5.91 Å². The SMILES string of the molecule is CCc1ccc(C(=O)Nc2c(C)cc(NC(N)=S)cc2CC)cc1. The van der Waals surface area contributed by atoms with Gasteiger partial charge in [0.1, 0.15) is 0 Å². The molecule has 0 saturated heterocycles. The van der Waals surface area contributed by atoms with Gasteiger partial charge in [-0.2, -0.15) is 0 Å². The molecule has 0 atom stereocenters. The zero-order valence-corrected chi connectivity index (χ0v) is 15.1. The number of hydrogen-bond acceptors (Lipinski definition) is 2. The van der Waals surface area contributed by atoms with Gasteiger partial charge in [0.15, 0.2) is 5.11 Å². The highest BCUT2D eigenvalue weighted by Gasteiger charge is 2.12. The van der Waals surface area contributed by atoms with Crippen molar-refractivity contribution in [3.63, 3.8) is 0 Å². The number of amides is 1. The van der Waals surface area contributed by atoms with Crippen LogP contribution in [0.1, 0.15) is 40.9 Å². The Bertz CT molecular complexity index is 754. The predicted molar refractivity (Wildman–Crippen MR) is 105 cm³/mol. The van der Waals surface area contributed by atoms with Crippen LogP contribution >= 0.6 is 12.2 Å². The van der Waals surface area contributed by atoms with Crippen LogP contribution in [0.2, 0.25) is 0 Å². The number of hydrogen-bond donors (Lipinski definition) is 3. The molecule has 24 heavy (non-hydrogen) atoms. The first kappa shape index (κ1) is 17.9. The van der Waals surface area contributed by atoms with Crippen LogP contribution in [0.25, 0.3) is 0 Å². The molecule has 0 spiro atoms.